The van der Waals surface area contributed by atoms with E-state index in [9.17, 15) is 4.79 Å². The Kier molecular flexibility index (Phi) is 4.67. The van der Waals surface area contributed by atoms with Crippen LogP contribution in [0.5, 0.6) is 0 Å². The van der Waals surface area contributed by atoms with Gasteiger partial charge in [-0.15, -0.1) is 0 Å². The van der Waals surface area contributed by atoms with E-state index in [4.69, 9.17) is 10.1 Å². The van der Waals surface area contributed by atoms with E-state index in [2.05, 4.69) is 34.6 Å². The van der Waals surface area contributed by atoms with E-state index in [1.807, 2.05) is 33.8 Å². The molecule has 2 aromatic rings. The summed E-state index contributed by atoms with van der Waals surface area (Å²) in [6.45, 7) is 12.1. The second-order valence-corrected chi connectivity index (χ2v) is 8.26. The van der Waals surface area contributed by atoms with Crippen LogP contribution in [0.4, 0.5) is 0 Å². The summed E-state index contributed by atoms with van der Waals surface area (Å²) in [5.74, 6) is 2.51. The molecule has 134 valence electrons. The highest BCUT2D eigenvalue weighted by molar-refractivity contribution is 5.98. The number of hydrogen-bond acceptors (Lipinski definition) is 3. The van der Waals surface area contributed by atoms with Gasteiger partial charge in [0.2, 0.25) is 0 Å². The molecule has 1 aliphatic rings. The Morgan fingerprint density at radius 1 is 1.20 bits per heavy atom. The minimum absolute atomic E-state index is 0.116. The van der Waals surface area contributed by atoms with Gasteiger partial charge in [0.05, 0.1) is 5.54 Å². The molecule has 0 unspecified atom stereocenters. The van der Waals surface area contributed by atoms with Gasteiger partial charge in [-0.2, -0.15) is 5.10 Å². The van der Waals surface area contributed by atoms with Crippen LogP contribution in [0, 0.1) is 5.92 Å². The fourth-order valence-corrected chi connectivity index (χ4v) is 3.27. The quantitative estimate of drug-likeness (QED) is 0.838. The van der Waals surface area contributed by atoms with Crippen LogP contribution in [-0.4, -0.2) is 32.1 Å². The molecule has 5 heteroatoms. The maximum absolute atomic E-state index is 12.5. The SMILES string of the molecule is CC(C)Cc1nc(CCN2Cc3ccccc3C2=O)n(C(C)(C)C)n1. The Bertz CT molecular complexity index is 770. The molecule has 0 fully saturated rings. The van der Waals surface area contributed by atoms with E-state index < -0.39 is 0 Å². The number of nitrogens with zero attached hydrogens (tertiary/aromatic N) is 4. The smallest absolute Gasteiger partial charge is 0.254 e. The number of amides is 1. The molecule has 0 atom stereocenters. The summed E-state index contributed by atoms with van der Waals surface area (Å²) in [5, 5.41) is 4.73. The van der Waals surface area contributed by atoms with Gasteiger partial charge in [0.25, 0.3) is 5.91 Å². The molecule has 0 aliphatic carbocycles. The molecule has 0 bridgehead atoms. The number of rotatable bonds is 5. The number of carbonyl (C=O) groups excluding carboxylic acids is 1. The molecular formula is C20H28N4O. The third-order valence-electron chi connectivity index (χ3n) is 4.45. The first-order valence-corrected chi connectivity index (χ1v) is 9.08. The van der Waals surface area contributed by atoms with E-state index in [1.54, 1.807) is 0 Å². The van der Waals surface area contributed by atoms with Crippen LogP contribution >= 0.6 is 0 Å². The van der Waals surface area contributed by atoms with E-state index in [1.165, 1.54) is 0 Å². The lowest BCUT2D eigenvalue weighted by molar-refractivity contribution is 0.0778. The summed E-state index contributed by atoms with van der Waals surface area (Å²) in [4.78, 5) is 19.2. The van der Waals surface area contributed by atoms with Crippen molar-refractivity contribution in [1.29, 1.82) is 0 Å². The third kappa shape index (κ3) is 3.75. The average Bonchev–Trinajstić information content (AvgIpc) is 3.06. The van der Waals surface area contributed by atoms with Crippen molar-refractivity contribution in [3.63, 3.8) is 0 Å². The number of carbonyl (C=O) groups is 1. The van der Waals surface area contributed by atoms with Gasteiger partial charge in [-0.3, -0.25) is 4.79 Å². The molecule has 1 aromatic carbocycles. The number of benzene rings is 1. The van der Waals surface area contributed by atoms with Crippen molar-refractivity contribution < 1.29 is 4.79 Å². The summed E-state index contributed by atoms with van der Waals surface area (Å²) in [6, 6.07) is 7.86. The fourth-order valence-electron chi connectivity index (χ4n) is 3.27. The Hall–Kier alpha value is -2.17. The Balaban J connectivity index is 1.75. The molecule has 0 saturated heterocycles. The van der Waals surface area contributed by atoms with Crippen LogP contribution in [0.2, 0.25) is 0 Å². The first-order chi connectivity index (χ1) is 11.8. The molecule has 1 aromatic heterocycles. The predicted molar refractivity (Wildman–Crippen MR) is 98.4 cm³/mol. The number of fused-ring (bicyclic) bond motifs is 1. The van der Waals surface area contributed by atoms with Crippen molar-refractivity contribution in [3.8, 4) is 0 Å². The maximum Gasteiger partial charge on any atom is 0.254 e. The topological polar surface area (TPSA) is 51.0 Å². The first-order valence-electron chi connectivity index (χ1n) is 9.08. The molecule has 0 N–H and O–H groups in total. The van der Waals surface area contributed by atoms with Crippen molar-refractivity contribution in [1.82, 2.24) is 19.7 Å². The van der Waals surface area contributed by atoms with E-state index in [0.717, 1.165) is 35.6 Å². The second kappa shape index (κ2) is 6.62. The highest BCUT2D eigenvalue weighted by Crippen LogP contribution is 2.23. The zero-order valence-corrected chi connectivity index (χ0v) is 15.9. The molecule has 1 aliphatic heterocycles. The van der Waals surface area contributed by atoms with Crippen LogP contribution < -0.4 is 0 Å². The monoisotopic (exact) mass is 340 g/mol. The third-order valence-corrected chi connectivity index (χ3v) is 4.45. The summed E-state index contributed by atoms with van der Waals surface area (Å²) in [5.41, 5.74) is 1.83. The van der Waals surface area contributed by atoms with Crippen LogP contribution in [0.15, 0.2) is 24.3 Å². The van der Waals surface area contributed by atoms with Crippen LogP contribution in [0.3, 0.4) is 0 Å². The largest absolute Gasteiger partial charge is 0.334 e. The summed E-state index contributed by atoms with van der Waals surface area (Å²) in [6.07, 6.45) is 1.60. The summed E-state index contributed by atoms with van der Waals surface area (Å²) >= 11 is 0. The summed E-state index contributed by atoms with van der Waals surface area (Å²) in [7, 11) is 0. The minimum atomic E-state index is -0.116. The highest BCUT2D eigenvalue weighted by Gasteiger charge is 2.28. The van der Waals surface area contributed by atoms with Crippen molar-refractivity contribution >= 4 is 5.91 Å². The van der Waals surface area contributed by atoms with Gasteiger partial charge in [0, 0.05) is 31.5 Å². The van der Waals surface area contributed by atoms with Crippen molar-refractivity contribution in [2.24, 2.45) is 5.92 Å². The molecule has 0 saturated carbocycles. The van der Waals surface area contributed by atoms with Crippen molar-refractivity contribution in [2.45, 2.75) is 59.5 Å². The second-order valence-electron chi connectivity index (χ2n) is 8.26. The van der Waals surface area contributed by atoms with Gasteiger partial charge in [-0.25, -0.2) is 9.67 Å². The molecule has 1 amide bonds. The lowest BCUT2D eigenvalue weighted by Crippen LogP contribution is -2.30. The van der Waals surface area contributed by atoms with Gasteiger partial charge in [0.1, 0.15) is 5.82 Å². The van der Waals surface area contributed by atoms with Gasteiger partial charge < -0.3 is 4.90 Å². The zero-order valence-electron chi connectivity index (χ0n) is 15.9. The molecule has 2 heterocycles. The molecular weight excluding hydrogens is 312 g/mol. The van der Waals surface area contributed by atoms with E-state index >= 15 is 0 Å². The number of hydrogen-bond donors (Lipinski definition) is 0. The van der Waals surface area contributed by atoms with Crippen LogP contribution in [0.1, 0.15) is 62.2 Å². The van der Waals surface area contributed by atoms with Crippen LogP contribution in [-0.2, 0) is 24.9 Å². The minimum Gasteiger partial charge on any atom is -0.334 e. The predicted octanol–water partition coefficient (Wildman–Crippen LogP) is 3.43. The van der Waals surface area contributed by atoms with E-state index in [0.29, 0.717) is 19.0 Å². The normalized spacial score (nSPS) is 14.5. The van der Waals surface area contributed by atoms with Gasteiger partial charge in [-0.1, -0.05) is 32.0 Å². The first kappa shape index (κ1) is 17.6. The van der Waals surface area contributed by atoms with Crippen molar-refractivity contribution in [2.75, 3.05) is 6.54 Å². The van der Waals surface area contributed by atoms with Crippen molar-refractivity contribution in [3.05, 3.63) is 47.0 Å². The average molecular weight is 340 g/mol. The lowest BCUT2D eigenvalue weighted by Gasteiger charge is -2.22. The highest BCUT2D eigenvalue weighted by atomic mass is 16.2. The summed E-state index contributed by atoms with van der Waals surface area (Å²) < 4.78 is 2.03. The van der Waals surface area contributed by atoms with Gasteiger partial charge in [0.15, 0.2) is 5.82 Å². The Labute approximate surface area is 150 Å². The molecule has 5 nitrogen and oxygen atoms in total. The van der Waals surface area contributed by atoms with E-state index in [-0.39, 0.29) is 11.4 Å². The molecule has 3 rings (SSSR count). The molecule has 0 radical (unpaired) electrons. The molecule has 25 heavy (non-hydrogen) atoms. The van der Waals surface area contributed by atoms with Gasteiger partial charge in [-0.05, 0) is 38.3 Å². The zero-order chi connectivity index (χ0) is 18.2. The number of aromatic nitrogens is 3. The fraction of sp³-hybridized carbons (Fsp3) is 0.550. The van der Waals surface area contributed by atoms with Crippen LogP contribution in [0.25, 0.3) is 0 Å². The Morgan fingerprint density at radius 2 is 1.92 bits per heavy atom. The lowest BCUT2D eigenvalue weighted by atomic mass is 10.1. The van der Waals surface area contributed by atoms with Gasteiger partial charge >= 0.3 is 0 Å². The maximum atomic E-state index is 12.5. The standard InChI is InChI=1S/C20H28N4O/c1-14(2)12-17-21-18(24(22-17)20(3,4)5)10-11-23-13-15-8-6-7-9-16(15)19(23)25/h6-9,14H,10-13H2,1-5H3. The molecule has 0 spiro atoms. The Morgan fingerprint density at radius 3 is 2.56 bits per heavy atom.